The fraction of sp³-hybridized carbons (Fsp3) is 0.818. The molecule has 0 aromatic rings. The first kappa shape index (κ1) is 11.5. The lowest BCUT2D eigenvalue weighted by atomic mass is 9.98. The number of rotatable bonds is 1. The van der Waals surface area contributed by atoms with Crippen LogP contribution in [0.25, 0.3) is 0 Å². The van der Waals surface area contributed by atoms with Crippen molar-refractivity contribution in [1.29, 1.82) is 0 Å². The van der Waals surface area contributed by atoms with Gasteiger partial charge in [-0.25, -0.2) is 0 Å². The van der Waals surface area contributed by atoms with Crippen molar-refractivity contribution in [3.05, 3.63) is 0 Å². The molecule has 2 atom stereocenters. The largest absolute Gasteiger partial charge is 0.376 e. The van der Waals surface area contributed by atoms with Crippen LogP contribution in [0, 0.1) is 5.92 Å². The van der Waals surface area contributed by atoms with Crippen LogP contribution >= 0.6 is 0 Å². The van der Waals surface area contributed by atoms with E-state index >= 15 is 0 Å². The molecular weight excluding hydrogens is 210 g/mol. The number of carbonyl (C=O) groups is 2. The molecule has 0 spiro atoms. The van der Waals surface area contributed by atoms with Crippen LogP contribution in [0.5, 0.6) is 0 Å². The van der Waals surface area contributed by atoms with Gasteiger partial charge in [0.2, 0.25) is 0 Å². The van der Waals surface area contributed by atoms with E-state index in [0.29, 0.717) is 39.3 Å². The van der Waals surface area contributed by atoms with Gasteiger partial charge in [-0.3, -0.25) is 9.59 Å². The van der Waals surface area contributed by atoms with Crippen LogP contribution in [0.2, 0.25) is 0 Å². The number of ketones is 1. The molecule has 0 saturated carbocycles. The van der Waals surface area contributed by atoms with Crippen LogP contribution < -0.4 is 0 Å². The number of nitrogens with zero attached hydrogens (tertiary/aromatic N) is 1. The van der Waals surface area contributed by atoms with E-state index in [2.05, 4.69) is 0 Å². The van der Waals surface area contributed by atoms with E-state index < -0.39 is 6.10 Å². The summed E-state index contributed by atoms with van der Waals surface area (Å²) in [4.78, 5) is 25.1. The van der Waals surface area contributed by atoms with Gasteiger partial charge in [-0.05, 0) is 0 Å². The highest BCUT2D eigenvalue weighted by atomic mass is 16.6. The fourth-order valence-corrected chi connectivity index (χ4v) is 2.05. The van der Waals surface area contributed by atoms with Gasteiger partial charge in [-0.2, -0.15) is 0 Å². The van der Waals surface area contributed by atoms with Gasteiger partial charge in [-0.15, -0.1) is 0 Å². The third-order valence-corrected chi connectivity index (χ3v) is 3.08. The monoisotopic (exact) mass is 227 g/mol. The van der Waals surface area contributed by atoms with Gasteiger partial charge in [0.1, 0.15) is 5.78 Å². The maximum atomic E-state index is 12.0. The summed E-state index contributed by atoms with van der Waals surface area (Å²) >= 11 is 0. The van der Waals surface area contributed by atoms with Crippen molar-refractivity contribution in [2.75, 3.05) is 32.9 Å². The summed E-state index contributed by atoms with van der Waals surface area (Å²) in [5, 5.41) is 0. The minimum Gasteiger partial charge on any atom is -0.376 e. The Kier molecular flexibility index (Phi) is 3.56. The zero-order valence-electron chi connectivity index (χ0n) is 9.48. The van der Waals surface area contributed by atoms with Crippen molar-refractivity contribution in [2.24, 2.45) is 5.92 Å². The number of likely N-dealkylation sites (tertiary alicyclic amines) is 1. The molecule has 0 bridgehead atoms. The van der Waals surface area contributed by atoms with Crippen LogP contribution in [0.3, 0.4) is 0 Å². The van der Waals surface area contributed by atoms with Crippen molar-refractivity contribution in [3.63, 3.8) is 0 Å². The van der Waals surface area contributed by atoms with Crippen LogP contribution in [0.4, 0.5) is 0 Å². The number of piperidine rings is 1. The van der Waals surface area contributed by atoms with Gasteiger partial charge in [0.25, 0.3) is 5.91 Å². The molecule has 5 nitrogen and oxygen atoms in total. The minimum atomic E-state index is -0.478. The van der Waals surface area contributed by atoms with Gasteiger partial charge in [-0.1, -0.05) is 6.92 Å². The Balaban J connectivity index is 1.91. The van der Waals surface area contributed by atoms with Gasteiger partial charge < -0.3 is 14.4 Å². The molecule has 2 aliphatic rings. The van der Waals surface area contributed by atoms with Crippen LogP contribution in [-0.4, -0.2) is 55.6 Å². The number of amides is 1. The summed E-state index contributed by atoms with van der Waals surface area (Å²) in [6.45, 7) is 4.24. The lowest BCUT2D eigenvalue weighted by Crippen LogP contribution is -2.50. The molecule has 0 aliphatic carbocycles. The predicted molar refractivity (Wildman–Crippen MR) is 55.9 cm³/mol. The van der Waals surface area contributed by atoms with Crippen molar-refractivity contribution in [1.82, 2.24) is 4.90 Å². The molecule has 2 aliphatic heterocycles. The number of hydrogen-bond acceptors (Lipinski definition) is 4. The van der Waals surface area contributed by atoms with Crippen molar-refractivity contribution in [2.45, 2.75) is 19.4 Å². The van der Waals surface area contributed by atoms with Crippen LogP contribution in [-0.2, 0) is 19.1 Å². The first-order valence-corrected chi connectivity index (χ1v) is 5.69. The number of Topliss-reactive ketones (excluding diaryl/α,β-unsaturated/α-hetero) is 1. The molecule has 90 valence electrons. The number of hydrogen-bond donors (Lipinski definition) is 0. The standard InChI is InChI=1S/C11H17NO4/c1-8-6-12(3-2-9(8)13)11(14)10-7-15-4-5-16-10/h8,10H,2-7H2,1H3. The summed E-state index contributed by atoms with van der Waals surface area (Å²) in [6.07, 6.45) is -0.0188. The maximum absolute atomic E-state index is 12.0. The molecule has 2 rings (SSSR count). The van der Waals surface area contributed by atoms with Gasteiger partial charge in [0.15, 0.2) is 6.10 Å². The number of ether oxygens (including phenoxy) is 2. The van der Waals surface area contributed by atoms with Crippen molar-refractivity contribution < 1.29 is 19.1 Å². The van der Waals surface area contributed by atoms with Crippen molar-refractivity contribution in [3.8, 4) is 0 Å². The second-order valence-electron chi connectivity index (χ2n) is 4.34. The average Bonchev–Trinajstić information content (AvgIpc) is 2.33. The van der Waals surface area contributed by atoms with Gasteiger partial charge >= 0.3 is 0 Å². The van der Waals surface area contributed by atoms with Crippen LogP contribution in [0.15, 0.2) is 0 Å². The summed E-state index contributed by atoms with van der Waals surface area (Å²) in [7, 11) is 0. The summed E-state index contributed by atoms with van der Waals surface area (Å²) < 4.78 is 10.6. The molecule has 2 unspecified atom stereocenters. The van der Waals surface area contributed by atoms with E-state index in [0.717, 1.165) is 0 Å². The topological polar surface area (TPSA) is 55.8 Å². The molecule has 0 aromatic heterocycles. The van der Waals surface area contributed by atoms with E-state index in [1.54, 1.807) is 4.90 Å². The highest BCUT2D eigenvalue weighted by molar-refractivity contribution is 5.86. The molecule has 0 radical (unpaired) electrons. The van der Waals surface area contributed by atoms with E-state index in [4.69, 9.17) is 9.47 Å². The van der Waals surface area contributed by atoms with E-state index in [1.807, 2.05) is 6.92 Å². The SMILES string of the molecule is CC1CN(C(=O)C2COCCO2)CCC1=O. The Morgan fingerprint density at radius 2 is 2.25 bits per heavy atom. The van der Waals surface area contributed by atoms with E-state index in [-0.39, 0.29) is 17.6 Å². The normalized spacial score (nSPS) is 31.6. The Labute approximate surface area is 94.7 Å². The molecule has 0 N–H and O–H groups in total. The first-order chi connectivity index (χ1) is 7.68. The lowest BCUT2D eigenvalue weighted by Gasteiger charge is -2.33. The average molecular weight is 227 g/mol. The summed E-state index contributed by atoms with van der Waals surface area (Å²) in [5.41, 5.74) is 0. The van der Waals surface area contributed by atoms with E-state index in [1.165, 1.54) is 0 Å². The van der Waals surface area contributed by atoms with Gasteiger partial charge in [0.05, 0.1) is 19.8 Å². The fourth-order valence-electron chi connectivity index (χ4n) is 2.05. The molecule has 5 heteroatoms. The quantitative estimate of drug-likeness (QED) is 0.624. The molecule has 2 heterocycles. The Morgan fingerprint density at radius 3 is 2.88 bits per heavy atom. The molecule has 16 heavy (non-hydrogen) atoms. The molecule has 1 amide bonds. The Hall–Kier alpha value is -0.940. The smallest absolute Gasteiger partial charge is 0.254 e. The second-order valence-corrected chi connectivity index (χ2v) is 4.34. The lowest BCUT2D eigenvalue weighted by molar-refractivity contribution is -0.160. The minimum absolute atomic E-state index is 0.0425. The molecular formula is C11H17NO4. The zero-order chi connectivity index (χ0) is 11.5. The van der Waals surface area contributed by atoms with Crippen LogP contribution in [0.1, 0.15) is 13.3 Å². The molecule has 2 saturated heterocycles. The third kappa shape index (κ3) is 2.41. The highest BCUT2D eigenvalue weighted by Gasteiger charge is 2.32. The van der Waals surface area contributed by atoms with E-state index in [9.17, 15) is 9.59 Å². The first-order valence-electron chi connectivity index (χ1n) is 5.69. The number of carbonyl (C=O) groups excluding carboxylic acids is 2. The zero-order valence-corrected chi connectivity index (χ0v) is 9.48. The van der Waals surface area contributed by atoms with Gasteiger partial charge in [0, 0.05) is 25.4 Å². The predicted octanol–water partition coefficient (Wildman–Crippen LogP) is -0.161. The Bertz CT molecular complexity index is 286. The third-order valence-electron chi connectivity index (χ3n) is 3.08. The Morgan fingerprint density at radius 1 is 1.44 bits per heavy atom. The highest BCUT2D eigenvalue weighted by Crippen LogP contribution is 2.15. The van der Waals surface area contributed by atoms with Crippen molar-refractivity contribution >= 4 is 11.7 Å². The molecule has 0 aromatic carbocycles. The maximum Gasteiger partial charge on any atom is 0.254 e. The molecule has 2 fully saturated rings. The summed E-state index contributed by atoms with van der Waals surface area (Å²) in [6, 6.07) is 0. The second kappa shape index (κ2) is 4.93. The summed E-state index contributed by atoms with van der Waals surface area (Å²) in [5.74, 6) is 0.145.